The molecule has 0 aliphatic rings. The van der Waals surface area contributed by atoms with Crippen LogP contribution in [0, 0.1) is 0 Å². The molecule has 0 spiro atoms. The molecule has 0 aliphatic carbocycles. The van der Waals surface area contributed by atoms with Crippen molar-refractivity contribution in [1.29, 1.82) is 0 Å². The summed E-state index contributed by atoms with van der Waals surface area (Å²) in [7, 11) is 0. The van der Waals surface area contributed by atoms with Crippen LogP contribution in [0.5, 0.6) is 0 Å². The molecule has 1 atom stereocenters. The van der Waals surface area contributed by atoms with Gasteiger partial charge in [0.05, 0.1) is 0 Å². The van der Waals surface area contributed by atoms with E-state index in [2.05, 4.69) is 29.8 Å². The molecule has 1 rings (SSSR count). The Kier molecular flexibility index (Phi) is 6.11. The maximum Gasteiger partial charge on any atom is 0.303 e. The van der Waals surface area contributed by atoms with Crippen molar-refractivity contribution in [1.82, 2.24) is 5.32 Å². The molecule has 0 amide bonds. The highest BCUT2D eigenvalue weighted by atomic mass is 32.1. The topological polar surface area (TPSA) is 49.3 Å². The molecule has 0 aromatic carbocycles. The molecule has 1 aromatic heterocycles. The summed E-state index contributed by atoms with van der Waals surface area (Å²) in [5, 5.41) is 14.0. The largest absolute Gasteiger partial charge is 0.481 e. The lowest BCUT2D eigenvalue weighted by molar-refractivity contribution is -0.137. The van der Waals surface area contributed by atoms with Gasteiger partial charge in [0.25, 0.3) is 0 Å². The predicted molar refractivity (Wildman–Crippen MR) is 66.8 cm³/mol. The third kappa shape index (κ3) is 4.77. The van der Waals surface area contributed by atoms with Crippen LogP contribution in [0.25, 0.3) is 0 Å². The Bertz CT molecular complexity index is 298. The minimum atomic E-state index is -0.718. The van der Waals surface area contributed by atoms with Gasteiger partial charge in [-0.25, -0.2) is 0 Å². The first-order valence-electron chi connectivity index (χ1n) is 5.72. The van der Waals surface area contributed by atoms with Crippen molar-refractivity contribution in [2.45, 2.75) is 38.6 Å². The smallest absolute Gasteiger partial charge is 0.303 e. The normalized spacial score (nSPS) is 12.6. The fourth-order valence-corrected chi connectivity index (χ4v) is 2.48. The molecular weight excluding hydrogens is 222 g/mol. The second-order valence-corrected chi connectivity index (χ2v) is 4.79. The lowest BCUT2D eigenvalue weighted by Gasteiger charge is -2.16. The van der Waals surface area contributed by atoms with E-state index in [4.69, 9.17) is 5.11 Å². The molecule has 1 aromatic rings. The molecular formula is C12H19NO2S. The molecule has 0 radical (unpaired) electrons. The third-order valence-corrected chi connectivity index (χ3v) is 3.41. The summed E-state index contributed by atoms with van der Waals surface area (Å²) < 4.78 is 0. The number of rotatable bonds is 8. The lowest BCUT2D eigenvalue weighted by Crippen LogP contribution is -2.22. The Morgan fingerprint density at radius 3 is 3.00 bits per heavy atom. The molecule has 0 saturated carbocycles. The first-order chi connectivity index (χ1) is 7.74. The maximum absolute atomic E-state index is 10.4. The quantitative estimate of drug-likeness (QED) is 0.688. The number of hydrogen-bond acceptors (Lipinski definition) is 3. The minimum Gasteiger partial charge on any atom is -0.481 e. The number of carboxylic acid groups (broad SMARTS) is 1. The van der Waals surface area contributed by atoms with E-state index in [9.17, 15) is 4.79 Å². The van der Waals surface area contributed by atoms with Gasteiger partial charge in [0.2, 0.25) is 0 Å². The van der Waals surface area contributed by atoms with Crippen LogP contribution in [0.3, 0.4) is 0 Å². The Labute approximate surface area is 100 Å². The first-order valence-corrected chi connectivity index (χ1v) is 6.60. The summed E-state index contributed by atoms with van der Waals surface area (Å²) in [6, 6.07) is 4.58. The van der Waals surface area contributed by atoms with Gasteiger partial charge in [-0.1, -0.05) is 19.4 Å². The van der Waals surface area contributed by atoms with Crippen molar-refractivity contribution in [3.05, 3.63) is 22.4 Å². The van der Waals surface area contributed by atoms with Crippen LogP contribution in [-0.4, -0.2) is 17.6 Å². The maximum atomic E-state index is 10.4. The highest BCUT2D eigenvalue weighted by Gasteiger charge is 2.10. The molecule has 0 bridgehead atoms. The van der Waals surface area contributed by atoms with Crippen LogP contribution in [0.4, 0.5) is 0 Å². The SMILES string of the molecule is CCCC(NCCCC(=O)O)c1cccs1. The monoisotopic (exact) mass is 241 g/mol. The zero-order valence-electron chi connectivity index (χ0n) is 9.61. The lowest BCUT2D eigenvalue weighted by atomic mass is 10.1. The van der Waals surface area contributed by atoms with E-state index >= 15 is 0 Å². The standard InChI is InChI=1S/C12H19NO2S/c1-2-5-10(11-6-4-9-16-11)13-8-3-7-12(14)15/h4,6,9-10,13H,2-3,5,7-8H2,1H3,(H,14,15). The van der Waals surface area contributed by atoms with Gasteiger partial charge in [0.1, 0.15) is 0 Å². The minimum absolute atomic E-state index is 0.246. The predicted octanol–water partition coefficient (Wildman–Crippen LogP) is 3.04. The molecule has 90 valence electrons. The summed E-state index contributed by atoms with van der Waals surface area (Å²) >= 11 is 1.76. The second-order valence-electron chi connectivity index (χ2n) is 3.81. The van der Waals surface area contributed by atoms with E-state index in [-0.39, 0.29) is 6.42 Å². The Balaban J connectivity index is 2.32. The highest BCUT2D eigenvalue weighted by molar-refractivity contribution is 7.10. The number of thiophene rings is 1. The van der Waals surface area contributed by atoms with Crippen molar-refractivity contribution in [3.8, 4) is 0 Å². The Hall–Kier alpha value is -0.870. The first kappa shape index (κ1) is 13.2. The van der Waals surface area contributed by atoms with Crippen molar-refractivity contribution >= 4 is 17.3 Å². The highest BCUT2D eigenvalue weighted by Crippen LogP contribution is 2.22. The van der Waals surface area contributed by atoms with Gasteiger partial charge in [0.15, 0.2) is 0 Å². The average Bonchev–Trinajstić information content (AvgIpc) is 2.75. The van der Waals surface area contributed by atoms with Gasteiger partial charge in [-0.15, -0.1) is 11.3 Å². The summed E-state index contributed by atoms with van der Waals surface area (Å²) in [6.07, 6.45) is 3.18. The van der Waals surface area contributed by atoms with E-state index in [0.717, 1.165) is 19.4 Å². The van der Waals surface area contributed by atoms with E-state index < -0.39 is 5.97 Å². The summed E-state index contributed by atoms with van der Waals surface area (Å²) in [6.45, 7) is 2.94. The van der Waals surface area contributed by atoms with Crippen LogP contribution >= 0.6 is 11.3 Å². The number of hydrogen-bond donors (Lipinski definition) is 2. The zero-order chi connectivity index (χ0) is 11.8. The fraction of sp³-hybridized carbons (Fsp3) is 0.583. The van der Waals surface area contributed by atoms with Crippen molar-refractivity contribution < 1.29 is 9.90 Å². The average molecular weight is 241 g/mol. The van der Waals surface area contributed by atoms with Crippen LogP contribution < -0.4 is 5.32 Å². The van der Waals surface area contributed by atoms with Crippen LogP contribution in [0.2, 0.25) is 0 Å². The second kappa shape index (κ2) is 7.41. The Morgan fingerprint density at radius 1 is 1.62 bits per heavy atom. The van der Waals surface area contributed by atoms with Crippen molar-refractivity contribution in [3.63, 3.8) is 0 Å². The molecule has 0 aliphatic heterocycles. The van der Waals surface area contributed by atoms with Crippen molar-refractivity contribution in [2.75, 3.05) is 6.54 Å². The van der Waals surface area contributed by atoms with Crippen LogP contribution in [0.15, 0.2) is 17.5 Å². The fourth-order valence-electron chi connectivity index (χ4n) is 1.64. The molecule has 4 heteroatoms. The number of aliphatic carboxylic acids is 1. The summed E-state index contributed by atoms with van der Waals surface area (Å²) in [5.74, 6) is -0.718. The van der Waals surface area contributed by atoms with E-state index in [1.54, 1.807) is 11.3 Å². The van der Waals surface area contributed by atoms with Crippen LogP contribution in [0.1, 0.15) is 43.5 Å². The molecule has 0 saturated heterocycles. The molecule has 3 nitrogen and oxygen atoms in total. The summed E-state index contributed by atoms with van der Waals surface area (Å²) in [5.41, 5.74) is 0. The van der Waals surface area contributed by atoms with Crippen molar-refractivity contribution in [2.24, 2.45) is 0 Å². The van der Waals surface area contributed by atoms with Gasteiger partial charge in [-0.05, 0) is 30.8 Å². The third-order valence-electron chi connectivity index (χ3n) is 2.42. The Morgan fingerprint density at radius 2 is 2.44 bits per heavy atom. The van der Waals surface area contributed by atoms with E-state index in [1.807, 2.05) is 0 Å². The molecule has 1 unspecified atom stereocenters. The van der Waals surface area contributed by atoms with Gasteiger partial charge in [0, 0.05) is 17.3 Å². The van der Waals surface area contributed by atoms with Gasteiger partial charge < -0.3 is 10.4 Å². The van der Waals surface area contributed by atoms with Gasteiger partial charge in [-0.2, -0.15) is 0 Å². The van der Waals surface area contributed by atoms with Crippen LogP contribution in [-0.2, 0) is 4.79 Å². The number of carbonyl (C=O) groups is 1. The van der Waals surface area contributed by atoms with E-state index in [0.29, 0.717) is 12.5 Å². The molecule has 16 heavy (non-hydrogen) atoms. The molecule has 1 heterocycles. The summed E-state index contributed by atoms with van der Waals surface area (Å²) in [4.78, 5) is 11.7. The van der Waals surface area contributed by atoms with Gasteiger partial charge >= 0.3 is 5.97 Å². The van der Waals surface area contributed by atoms with E-state index in [1.165, 1.54) is 4.88 Å². The number of carboxylic acids is 1. The molecule has 2 N–H and O–H groups in total. The molecule has 0 fully saturated rings. The zero-order valence-corrected chi connectivity index (χ0v) is 10.4. The number of nitrogens with one attached hydrogen (secondary N) is 1. The van der Waals surface area contributed by atoms with Gasteiger partial charge in [-0.3, -0.25) is 4.79 Å².